The Labute approximate surface area is 61.8 Å². The molecular weight excluding hydrogens is 130 g/mol. The maximum Gasteiger partial charge on any atom is 0.225 e. The third-order valence-electron chi connectivity index (χ3n) is 1.28. The molecule has 0 aliphatic carbocycles. The number of ether oxygens (including phenoxy) is 2. The highest BCUT2D eigenvalue weighted by molar-refractivity contribution is 4.73. The van der Waals surface area contributed by atoms with E-state index in [0.717, 1.165) is 0 Å². The van der Waals surface area contributed by atoms with Gasteiger partial charge in [0.2, 0.25) is 6.04 Å². The molecule has 0 bridgehead atoms. The van der Waals surface area contributed by atoms with Crippen LogP contribution in [-0.2, 0) is 9.47 Å². The molecule has 0 aliphatic rings. The SMILES string of the molecule is [C-]#[N+]C(C)CC(OC)OC. The lowest BCUT2D eigenvalue weighted by Gasteiger charge is -2.11. The molecule has 0 aromatic heterocycles. The van der Waals surface area contributed by atoms with Crippen LogP contribution in [0.2, 0.25) is 0 Å². The van der Waals surface area contributed by atoms with Crippen LogP contribution < -0.4 is 0 Å². The highest BCUT2D eigenvalue weighted by Gasteiger charge is 2.13. The molecule has 0 saturated heterocycles. The molecule has 0 fully saturated rings. The summed E-state index contributed by atoms with van der Waals surface area (Å²) in [6, 6.07) is -0.0232. The summed E-state index contributed by atoms with van der Waals surface area (Å²) in [7, 11) is 3.15. The minimum absolute atomic E-state index is 0.0232. The summed E-state index contributed by atoms with van der Waals surface area (Å²) in [5, 5.41) is 0. The normalized spacial score (nSPS) is 13.1. The third kappa shape index (κ3) is 3.44. The van der Waals surface area contributed by atoms with Crippen LogP contribution in [-0.4, -0.2) is 26.6 Å². The molecule has 1 atom stereocenters. The number of hydrogen-bond donors (Lipinski definition) is 0. The Morgan fingerprint density at radius 3 is 2.20 bits per heavy atom. The topological polar surface area (TPSA) is 22.8 Å². The van der Waals surface area contributed by atoms with E-state index < -0.39 is 0 Å². The van der Waals surface area contributed by atoms with Gasteiger partial charge in [0.15, 0.2) is 6.29 Å². The van der Waals surface area contributed by atoms with Crippen molar-refractivity contribution >= 4 is 0 Å². The average molecular weight is 143 g/mol. The fourth-order valence-electron chi connectivity index (χ4n) is 0.620. The van der Waals surface area contributed by atoms with E-state index in [9.17, 15) is 0 Å². The smallest absolute Gasteiger partial charge is 0.225 e. The molecule has 3 heteroatoms. The molecule has 58 valence electrons. The van der Waals surface area contributed by atoms with E-state index >= 15 is 0 Å². The van der Waals surface area contributed by atoms with Crippen LogP contribution in [0.25, 0.3) is 4.85 Å². The van der Waals surface area contributed by atoms with E-state index in [0.29, 0.717) is 6.42 Å². The van der Waals surface area contributed by atoms with Gasteiger partial charge in [0.1, 0.15) is 0 Å². The van der Waals surface area contributed by atoms with Crippen LogP contribution in [0, 0.1) is 6.57 Å². The second kappa shape index (κ2) is 5.21. The fraction of sp³-hybridized carbons (Fsp3) is 0.857. The summed E-state index contributed by atoms with van der Waals surface area (Å²) >= 11 is 0. The Hall–Kier alpha value is -0.590. The van der Waals surface area contributed by atoms with Gasteiger partial charge in [0.05, 0.1) is 6.42 Å². The molecule has 0 spiro atoms. The Morgan fingerprint density at radius 1 is 1.40 bits per heavy atom. The molecule has 0 aromatic carbocycles. The van der Waals surface area contributed by atoms with Crippen LogP contribution in [0.1, 0.15) is 13.3 Å². The first-order valence-electron chi connectivity index (χ1n) is 3.16. The summed E-state index contributed by atoms with van der Waals surface area (Å²) in [5.74, 6) is 0. The summed E-state index contributed by atoms with van der Waals surface area (Å²) < 4.78 is 9.81. The molecule has 0 rings (SSSR count). The Morgan fingerprint density at radius 2 is 1.90 bits per heavy atom. The van der Waals surface area contributed by atoms with Crippen molar-refractivity contribution in [2.24, 2.45) is 0 Å². The molecule has 0 aromatic rings. The molecule has 0 heterocycles. The van der Waals surface area contributed by atoms with Gasteiger partial charge in [0.25, 0.3) is 0 Å². The van der Waals surface area contributed by atoms with E-state index in [1.807, 2.05) is 6.92 Å². The highest BCUT2D eigenvalue weighted by atomic mass is 16.7. The zero-order valence-electron chi connectivity index (χ0n) is 6.63. The largest absolute Gasteiger partial charge is 0.356 e. The fourth-order valence-corrected chi connectivity index (χ4v) is 0.620. The van der Waals surface area contributed by atoms with Gasteiger partial charge in [-0.1, -0.05) is 0 Å². The van der Waals surface area contributed by atoms with Crippen molar-refractivity contribution in [3.8, 4) is 0 Å². The van der Waals surface area contributed by atoms with Gasteiger partial charge >= 0.3 is 0 Å². The zero-order chi connectivity index (χ0) is 7.98. The predicted octanol–water partition coefficient (Wildman–Crippen LogP) is 1.30. The average Bonchev–Trinajstić information content (AvgIpc) is 1.99. The second-order valence-corrected chi connectivity index (χ2v) is 2.11. The van der Waals surface area contributed by atoms with E-state index in [1.54, 1.807) is 14.2 Å². The lowest BCUT2D eigenvalue weighted by atomic mass is 10.2. The Kier molecular flexibility index (Phi) is 4.91. The van der Waals surface area contributed by atoms with Crippen LogP contribution in [0.3, 0.4) is 0 Å². The Balaban J connectivity index is 3.54. The third-order valence-corrected chi connectivity index (χ3v) is 1.28. The van der Waals surface area contributed by atoms with Gasteiger partial charge in [-0.05, 0) is 0 Å². The molecule has 3 nitrogen and oxygen atoms in total. The summed E-state index contributed by atoms with van der Waals surface area (Å²) in [6.45, 7) is 8.51. The molecule has 10 heavy (non-hydrogen) atoms. The molecule has 0 saturated carbocycles. The van der Waals surface area contributed by atoms with Crippen LogP contribution in [0.15, 0.2) is 0 Å². The molecule has 0 aliphatic heterocycles. The molecule has 0 N–H and O–H groups in total. The van der Waals surface area contributed by atoms with Crippen molar-refractivity contribution in [2.75, 3.05) is 14.2 Å². The zero-order valence-corrected chi connectivity index (χ0v) is 6.63. The highest BCUT2D eigenvalue weighted by Crippen LogP contribution is 2.04. The van der Waals surface area contributed by atoms with Gasteiger partial charge in [0, 0.05) is 21.1 Å². The summed E-state index contributed by atoms with van der Waals surface area (Å²) in [5.41, 5.74) is 0. The minimum atomic E-state index is -0.232. The van der Waals surface area contributed by atoms with Crippen molar-refractivity contribution < 1.29 is 9.47 Å². The molecule has 0 radical (unpaired) electrons. The van der Waals surface area contributed by atoms with E-state index in [-0.39, 0.29) is 12.3 Å². The number of rotatable bonds is 4. The van der Waals surface area contributed by atoms with E-state index in [1.165, 1.54) is 0 Å². The van der Waals surface area contributed by atoms with Crippen molar-refractivity contribution in [3.63, 3.8) is 0 Å². The van der Waals surface area contributed by atoms with Crippen molar-refractivity contribution in [1.82, 2.24) is 0 Å². The van der Waals surface area contributed by atoms with Gasteiger partial charge in [-0.3, -0.25) is 0 Å². The van der Waals surface area contributed by atoms with Crippen molar-refractivity contribution in [1.29, 1.82) is 0 Å². The standard InChI is InChI=1S/C7H13NO2/c1-6(8-2)5-7(9-3)10-4/h6-7H,5H2,1,3-4H3. The van der Waals surface area contributed by atoms with Crippen LogP contribution >= 0.6 is 0 Å². The maximum atomic E-state index is 6.67. The van der Waals surface area contributed by atoms with Gasteiger partial charge < -0.3 is 14.3 Å². The maximum absolute atomic E-state index is 6.67. The lowest BCUT2D eigenvalue weighted by molar-refractivity contribution is -0.107. The molecule has 1 unspecified atom stereocenters. The van der Waals surface area contributed by atoms with Crippen molar-refractivity contribution in [3.05, 3.63) is 11.4 Å². The molecule has 0 amide bonds. The first-order chi connectivity index (χ1) is 4.74. The second-order valence-electron chi connectivity index (χ2n) is 2.11. The first-order valence-corrected chi connectivity index (χ1v) is 3.16. The lowest BCUT2D eigenvalue weighted by Crippen LogP contribution is -2.17. The summed E-state index contributed by atoms with van der Waals surface area (Å²) in [6.07, 6.45) is 0.403. The van der Waals surface area contributed by atoms with E-state index in [4.69, 9.17) is 16.0 Å². The van der Waals surface area contributed by atoms with Gasteiger partial charge in [-0.15, -0.1) is 0 Å². The van der Waals surface area contributed by atoms with Crippen molar-refractivity contribution in [2.45, 2.75) is 25.7 Å². The van der Waals surface area contributed by atoms with Crippen LogP contribution in [0.5, 0.6) is 0 Å². The van der Waals surface area contributed by atoms with Crippen LogP contribution in [0.4, 0.5) is 0 Å². The van der Waals surface area contributed by atoms with Gasteiger partial charge in [-0.2, -0.15) is 0 Å². The quantitative estimate of drug-likeness (QED) is 0.437. The predicted molar refractivity (Wildman–Crippen MR) is 38.5 cm³/mol. The van der Waals surface area contributed by atoms with E-state index in [2.05, 4.69) is 4.85 Å². The minimum Gasteiger partial charge on any atom is -0.356 e. The Bertz CT molecular complexity index is 115. The molecular formula is C7H13NO2. The summed E-state index contributed by atoms with van der Waals surface area (Å²) in [4.78, 5) is 3.31. The first kappa shape index (κ1) is 9.41. The number of nitrogens with zero attached hydrogens (tertiary/aromatic N) is 1. The number of hydrogen-bond acceptors (Lipinski definition) is 2. The number of methoxy groups -OCH3 is 2. The monoisotopic (exact) mass is 143 g/mol. The van der Waals surface area contributed by atoms with Gasteiger partial charge in [-0.25, -0.2) is 6.57 Å².